The predicted molar refractivity (Wildman–Crippen MR) is 70.3 cm³/mol. The summed E-state index contributed by atoms with van der Waals surface area (Å²) in [6.45, 7) is 9.34. The van der Waals surface area contributed by atoms with Gasteiger partial charge in [-0.15, -0.1) is 0 Å². The zero-order chi connectivity index (χ0) is 13.0. The summed E-state index contributed by atoms with van der Waals surface area (Å²) >= 11 is 0. The second-order valence-electron chi connectivity index (χ2n) is 4.86. The van der Waals surface area contributed by atoms with Crippen molar-refractivity contribution in [3.63, 3.8) is 0 Å². The first-order chi connectivity index (χ1) is 7.91. The number of aryl methyl sites for hydroxylation is 1. The molecule has 4 heteroatoms. The van der Waals surface area contributed by atoms with Crippen molar-refractivity contribution >= 4 is 11.4 Å². The number of nitro benzene ring substituents is 1. The molecule has 1 aromatic carbocycles. The monoisotopic (exact) mass is 236 g/mol. The lowest BCUT2D eigenvalue weighted by atomic mass is 9.98. The van der Waals surface area contributed by atoms with Gasteiger partial charge < -0.3 is 5.32 Å². The molecule has 0 bridgehead atoms. The van der Waals surface area contributed by atoms with Gasteiger partial charge in [0.15, 0.2) is 0 Å². The Morgan fingerprint density at radius 3 is 2.47 bits per heavy atom. The number of nitro groups is 1. The fraction of sp³-hybridized carbons (Fsp3) is 0.538. The summed E-state index contributed by atoms with van der Waals surface area (Å²) in [5.74, 6) is 1.20. The van der Waals surface area contributed by atoms with E-state index in [-0.39, 0.29) is 10.6 Å². The second kappa shape index (κ2) is 5.66. The van der Waals surface area contributed by atoms with E-state index >= 15 is 0 Å². The van der Waals surface area contributed by atoms with Crippen LogP contribution in [0.25, 0.3) is 0 Å². The summed E-state index contributed by atoms with van der Waals surface area (Å²) in [6, 6.07) is 4.91. The molecule has 1 N–H and O–H groups in total. The van der Waals surface area contributed by atoms with Crippen molar-refractivity contribution in [2.24, 2.45) is 11.8 Å². The molecule has 0 spiro atoms. The highest BCUT2D eigenvalue weighted by atomic mass is 16.6. The first-order valence-corrected chi connectivity index (χ1v) is 5.90. The average Bonchev–Trinajstić information content (AvgIpc) is 2.26. The fourth-order valence-corrected chi connectivity index (χ4v) is 1.47. The van der Waals surface area contributed by atoms with Crippen molar-refractivity contribution in [2.45, 2.75) is 27.7 Å². The molecular formula is C13H20N2O2. The van der Waals surface area contributed by atoms with Crippen LogP contribution in [0.15, 0.2) is 18.2 Å². The molecule has 0 aromatic heterocycles. The van der Waals surface area contributed by atoms with E-state index in [0.717, 1.165) is 17.8 Å². The second-order valence-corrected chi connectivity index (χ2v) is 4.86. The molecule has 0 aliphatic rings. The van der Waals surface area contributed by atoms with Crippen LogP contribution < -0.4 is 5.32 Å². The molecule has 1 atom stereocenters. The van der Waals surface area contributed by atoms with E-state index in [9.17, 15) is 10.1 Å². The van der Waals surface area contributed by atoms with Crippen molar-refractivity contribution in [1.29, 1.82) is 0 Å². The molecule has 0 fully saturated rings. The van der Waals surface area contributed by atoms with Gasteiger partial charge in [0.1, 0.15) is 0 Å². The minimum absolute atomic E-state index is 0.143. The van der Waals surface area contributed by atoms with Gasteiger partial charge in [-0.25, -0.2) is 0 Å². The Hall–Kier alpha value is -1.58. The van der Waals surface area contributed by atoms with Crippen LogP contribution in [0.5, 0.6) is 0 Å². The van der Waals surface area contributed by atoms with Crippen LogP contribution in [-0.2, 0) is 0 Å². The summed E-state index contributed by atoms with van der Waals surface area (Å²) in [5, 5.41) is 13.9. The molecule has 1 aromatic rings. The third-order valence-corrected chi connectivity index (χ3v) is 3.17. The van der Waals surface area contributed by atoms with E-state index in [4.69, 9.17) is 0 Å². The van der Waals surface area contributed by atoms with Crippen molar-refractivity contribution in [3.8, 4) is 0 Å². The Labute approximate surface area is 102 Å². The topological polar surface area (TPSA) is 55.2 Å². The Morgan fingerprint density at radius 2 is 2.00 bits per heavy atom. The van der Waals surface area contributed by atoms with Crippen molar-refractivity contribution < 1.29 is 4.92 Å². The Morgan fingerprint density at radius 1 is 1.35 bits per heavy atom. The van der Waals surface area contributed by atoms with E-state index in [1.165, 1.54) is 6.07 Å². The van der Waals surface area contributed by atoms with E-state index in [1.807, 2.05) is 6.92 Å². The summed E-state index contributed by atoms with van der Waals surface area (Å²) in [6.07, 6.45) is 0. The molecule has 1 rings (SSSR count). The quantitative estimate of drug-likeness (QED) is 0.627. The number of nitrogens with zero attached hydrogens (tertiary/aromatic N) is 1. The van der Waals surface area contributed by atoms with Crippen molar-refractivity contribution in [1.82, 2.24) is 0 Å². The number of hydrogen-bond donors (Lipinski definition) is 1. The lowest BCUT2D eigenvalue weighted by Gasteiger charge is -2.17. The first-order valence-electron chi connectivity index (χ1n) is 5.90. The fourth-order valence-electron chi connectivity index (χ4n) is 1.47. The SMILES string of the molecule is Cc1cc([N+](=O)[O-])ccc1NCC(C)C(C)C. The summed E-state index contributed by atoms with van der Waals surface area (Å²) in [5.41, 5.74) is 2.03. The van der Waals surface area contributed by atoms with Crippen LogP contribution in [-0.4, -0.2) is 11.5 Å². The van der Waals surface area contributed by atoms with Crippen LogP contribution in [0.1, 0.15) is 26.3 Å². The highest BCUT2D eigenvalue weighted by Gasteiger charge is 2.10. The van der Waals surface area contributed by atoms with Crippen LogP contribution in [0.2, 0.25) is 0 Å². The Kier molecular flexibility index (Phi) is 4.49. The first kappa shape index (κ1) is 13.5. The molecule has 4 nitrogen and oxygen atoms in total. The molecule has 0 amide bonds. The molecule has 0 aliphatic heterocycles. The molecule has 17 heavy (non-hydrogen) atoms. The van der Waals surface area contributed by atoms with Gasteiger partial charge >= 0.3 is 0 Å². The molecule has 1 unspecified atom stereocenters. The number of benzene rings is 1. The lowest BCUT2D eigenvalue weighted by molar-refractivity contribution is -0.384. The third kappa shape index (κ3) is 3.73. The largest absolute Gasteiger partial charge is 0.385 e. The van der Waals surface area contributed by atoms with Gasteiger partial charge in [-0.1, -0.05) is 20.8 Å². The zero-order valence-electron chi connectivity index (χ0n) is 10.9. The van der Waals surface area contributed by atoms with Crippen molar-refractivity contribution in [2.75, 3.05) is 11.9 Å². The number of anilines is 1. The predicted octanol–water partition coefficient (Wildman–Crippen LogP) is 3.61. The zero-order valence-corrected chi connectivity index (χ0v) is 10.9. The molecule has 0 radical (unpaired) electrons. The van der Waals surface area contributed by atoms with E-state index in [1.54, 1.807) is 12.1 Å². The number of nitrogens with one attached hydrogen (secondary N) is 1. The number of hydrogen-bond acceptors (Lipinski definition) is 3. The molecule has 0 heterocycles. The summed E-state index contributed by atoms with van der Waals surface area (Å²) in [7, 11) is 0. The Bertz CT molecular complexity index is 402. The van der Waals surface area contributed by atoms with Gasteiger partial charge in [0, 0.05) is 24.4 Å². The van der Waals surface area contributed by atoms with Crippen LogP contribution in [0.4, 0.5) is 11.4 Å². The minimum Gasteiger partial charge on any atom is -0.385 e. The smallest absolute Gasteiger partial charge is 0.269 e. The van der Waals surface area contributed by atoms with Crippen LogP contribution in [0, 0.1) is 28.9 Å². The molecule has 0 saturated carbocycles. The third-order valence-electron chi connectivity index (χ3n) is 3.17. The summed E-state index contributed by atoms with van der Waals surface area (Å²) in [4.78, 5) is 10.2. The van der Waals surface area contributed by atoms with Crippen LogP contribution in [0.3, 0.4) is 0 Å². The highest BCUT2D eigenvalue weighted by molar-refractivity contribution is 5.55. The Balaban J connectivity index is 2.70. The number of rotatable bonds is 5. The van der Waals surface area contributed by atoms with Crippen molar-refractivity contribution in [3.05, 3.63) is 33.9 Å². The maximum absolute atomic E-state index is 10.6. The van der Waals surface area contributed by atoms with Gasteiger partial charge in [-0.05, 0) is 30.4 Å². The van der Waals surface area contributed by atoms with Crippen LogP contribution >= 0.6 is 0 Å². The lowest BCUT2D eigenvalue weighted by Crippen LogP contribution is -2.16. The average molecular weight is 236 g/mol. The molecular weight excluding hydrogens is 216 g/mol. The molecule has 0 aliphatic carbocycles. The maximum atomic E-state index is 10.6. The van der Waals surface area contributed by atoms with Gasteiger partial charge in [0.2, 0.25) is 0 Å². The van der Waals surface area contributed by atoms with E-state index in [0.29, 0.717) is 11.8 Å². The normalized spacial score (nSPS) is 12.5. The molecule has 0 saturated heterocycles. The van der Waals surface area contributed by atoms with E-state index in [2.05, 4.69) is 26.1 Å². The van der Waals surface area contributed by atoms with Gasteiger partial charge in [-0.2, -0.15) is 0 Å². The summed E-state index contributed by atoms with van der Waals surface area (Å²) < 4.78 is 0. The van der Waals surface area contributed by atoms with Gasteiger partial charge in [0.05, 0.1) is 4.92 Å². The standard InChI is InChI=1S/C13H20N2O2/c1-9(2)11(4)8-14-13-6-5-12(15(16)17)7-10(13)3/h5-7,9,11,14H,8H2,1-4H3. The van der Waals surface area contributed by atoms with Gasteiger partial charge in [0.25, 0.3) is 5.69 Å². The highest BCUT2D eigenvalue weighted by Crippen LogP contribution is 2.22. The molecule has 94 valence electrons. The maximum Gasteiger partial charge on any atom is 0.269 e. The van der Waals surface area contributed by atoms with E-state index < -0.39 is 0 Å². The number of non-ortho nitro benzene ring substituents is 1. The minimum atomic E-state index is -0.368. The van der Waals surface area contributed by atoms with Gasteiger partial charge in [-0.3, -0.25) is 10.1 Å².